The van der Waals surface area contributed by atoms with Crippen LogP contribution < -0.4 is 11.5 Å². The fraction of sp³-hybridized carbons (Fsp3) is 0.455. The average molecular weight is 267 g/mol. The van der Waals surface area contributed by atoms with Crippen molar-refractivity contribution in [3.05, 3.63) is 34.6 Å². The van der Waals surface area contributed by atoms with Gasteiger partial charge < -0.3 is 11.5 Å². The van der Waals surface area contributed by atoms with E-state index in [0.29, 0.717) is 12.1 Å². The Balaban J connectivity index is 0.00000225. The first-order valence-corrected chi connectivity index (χ1v) is 5.44. The maximum Gasteiger partial charge on any atom is 0.146 e. The lowest BCUT2D eigenvalue weighted by Gasteiger charge is -2.13. The van der Waals surface area contributed by atoms with Crippen LogP contribution in [0.2, 0.25) is 5.02 Å². The van der Waals surface area contributed by atoms with Crippen molar-refractivity contribution in [2.24, 2.45) is 11.5 Å². The molecule has 0 saturated heterocycles. The van der Waals surface area contributed by atoms with Gasteiger partial charge >= 0.3 is 0 Å². The molecule has 0 amide bonds. The van der Waals surface area contributed by atoms with E-state index in [1.54, 1.807) is 12.1 Å². The molecule has 0 aliphatic heterocycles. The molecule has 0 aromatic heterocycles. The van der Waals surface area contributed by atoms with E-state index >= 15 is 0 Å². The van der Waals surface area contributed by atoms with Gasteiger partial charge in [0.2, 0.25) is 0 Å². The van der Waals surface area contributed by atoms with Crippen molar-refractivity contribution < 1.29 is 4.39 Å². The Bertz CT molecular complexity index is 321. The van der Waals surface area contributed by atoms with E-state index in [-0.39, 0.29) is 23.5 Å². The Morgan fingerprint density at radius 2 is 2.00 bits per heavy atom. The first-order valence-electron chi connectivity index (χ1n) is 5.06. The summed E-state index contributed by atoms with van der Waals surface area (Å²) >= 11 is 5.67. The van der Waals surface area contributed by atoms with Crippen molar-refractivity contribution in [1.82, 2.24) is 0 Å². The standard InChI is InChI=1S/C11H16ClFN2.ClH/c12-9-5-3-4-8(11(9)13)10(15)6-1-2-7-14;/h3-5,10H,1-2,6-7,14-15H2;1H/t10-;/m1./s1. The summed E-state index contributed by atoms with van der Waals surface area (Å²) in [7, 11) is 0. The van der Waals surface area contributed by atoms with Crippen LogP contribution in [0.25, 0.3) is 0 Å². The number of hydrogen-bond donors (Lipinski definition) is 2. The van der Waals surface area contributed by atoms with Gasteiger partial charge in [0.15, 0.2) is 0 Å². The smallest absolute Gasteiger partial charge is 0.146 e. The molecule has 0 unspecified atom stereocenters. The van der Waals surface area contributed by atoms with Crippen molar-refractivity contribution in [2.75, 3.05) is 6.54 Å². The van der Waals surface area contributed by atoms with E-state index < -0.39 is 5.82 Å². The van der Waals surface area contributed by atoms with Crippen molar-refractivity contribution in [2.45, 2.75) is 25.3 Å². The molecule has 4 N–H and O–H groups in total. The molecule has 1 atom stereocenters. The SMILES string of the molecule is Cl.NCCCC[C@@H](N)c1cccc(Cl)c1F. The summed E-state index contributed by atoms with van der Waals surface area (Å²) in [6, 6.07) is 4.61. The Morgan fingerprint density at radius 3 is 2.62 bits per heavy atom. The van der Waals surface area contributed by atoms with Crippen molar-refractivity contribution in [3.8, 4) is 0 Å². The highest BCUT2D eigenvalue weighted by atomic mass is 35.5. The zero-order valence-corrected chi connectivity index (χ0v) is 10.5. The number of nitrogens with two attached hydrogens (primary N) is 2. The highest BCUT2D eigenvalue weighted by Gasteiger charge is 2.12. The highest BCUT2D eigenvalue weighted by molar-refractivity contribution is 6.30. The normalized spacial score (nSPS) is 12.0. The van der Waals surface area contributed by atoms with E-state index in [0.717, 1.165) is 19.3 Å². The monoisotopic (exact) mass is 266 g/mol. The zero-order valence-electron chi connectivity index (χ0n) is 8.96. The molecule has 0 radical (unpaired) electrons. The number of unbranched alkanes of at least 4 members (excludes halogenated alkanes) is 1. The maximum atomic E-state index is 13.5. The molecule has 0 spiro atoms. The van der Waals surface area contributed by atoms with Crippen LogP contribution in [0, 0.1) is 5.82 Å². The molecular formula is C11H17Cl2FN2. The molecule has 1 aromatic rings. The van der Waals surface area contributed by atoms with Crippen LogP contribution >= 0.6 is 24.0 Å². The molecule has 0 bridgehead atoms. The van der Waals surface area contributed by atoms with Crippen LogP contribution in [-0.2, 0) is 0 Å². The predicted molar refractivity (Wildman–Crippen MR) is 68.5 cm³/mol. The molecule has 1 rings (SSSR count). The lowest BCUT2D eigenvalue weighted by molar-refractivity contribution is 0.543. The Labute approximate surface area is 107 Å². The van der Waals surface area contributed by atoms with Gasteiger partial charge in [0.25, 0.3) is 0 Å². The molecule has 2 nitrogen and oxygen atoms in total. The Hall–Kier alpha value is -0.350. The second-order valence-electron chi connectivity index (χ2n) is 3.53. The lowest BCUT2D eigenvalue weighted by atomic mass is 10.0. The summed E-state index contributed by atoms with van der Waals surface area (Å²) in [4.78, 5) is 0. The molecule has 0 heterocycles. The van der Waals surface area contributed by atoms with Gasteiger partial charge in [0, 0.05) is 11.6 Å². The van der Waals surface area contributed by atoms with Gasteiger partial charge in [0.05, 0.1) is 5.02 Å². The van der Waals surface area contributed by atoms with E-state index in [1.807, 2.05) is 0 Å². The molecule has 1 aromatic carbocycles. The fourth-order valence-corrected chi connectivity index (χ4v) is 1.65. The summed E-state index contributed by atoms with van der Waals surface area (Å²) in [6.07, 6.45) is 2.55. The first kappa shape index (κ1) is 15.7. The van der Waals surface area contributed by atoms with Crippen LogP contribution in [0.3, 0.4) is 0 Å². The molecule has 16 heavy (non-hydrogen) atoms. The Kier molecular flexibility index (Phi) is 7.68. The molecule has 92 valence electrons. The summed E-state index contributed by atoms with van der Waals surface area (Å²) in [6.45, 7) is 0.644. The Morgan fingerprint density at radius 1 is 1.31 bits per heavy atom. The van der Waals surface area contributed by atoms with Crippen LogP contribution in [0.15, 0.2) is 18.2 Å². The second kappa shape index (κ2) is 7.85. The van der Waals surface area contributed by atoms with Gasteiger partial charge in [-0.1, -0.05) is 30.2 Å². The van der Waals surface area contributed by atoms with Crippen LogP contribution in [0.5, 0.6) is 0 Å². The third-order valence-corrected chi connectivity index (χ3v) is 2.64. The topological polar surface area (TPSA) is 52.0 Å². The van der Waals surface area contributed by atoms with Crippen LogP contribution in [-0.4, -0.2) is 6.54 Å². The van der Waals surface area contributed by atoms with E-state index in [2.05, 4.69) is 0 Å². The highest BCUT2D eigenvalue weighted by Crippen LogP contribution is 2.24. The fourth-order valence-electron chi connectivity index (χ4n) is 1.47. The van der Waals surface area contributed by atoms with Gasteiger partial charge in [-0.05, 0) is 25.5 Å². The molecular weight excluding hydrogens is 250 g/mol. The second-order valence-corrected chi connectivity index (χ2v) is 3.94. The minimum atomic E-state index is -0.403. The summed E-state index contributed by atoms with van der Waals surface area (Å²) < 4.78 is 13.5. The largest absolute Gasteiger partial charge is 0.330 e. The molecule has 0 fully saturated rings. The van der Waals surface area contributed by atoms with Crippen LogP contribution in [0.4, 0.5) is 4.39 Å². The first-order chi connectivity index (χ1) is 7.16. The molecule has 0 aliphatic rings. The van der Waals surface area contributed by atoms with E-state index in [1.165, 1.54) is 6.07 Å². The van der Waals surface area contributed by atoms with Gasteiger partial charge in [-0.3, -0.25) is 0 Å². The van der Waals surface area contributed by atoms with Crippen molar-refractivity contribution in [3.63, 3.8) is 0 Å². The minimum Gasteiger partial charge on any atom is -0.330 e. The van der Waals surface area contributed by atoms with Crippen molar-refractivity contribution >= 4 is 24.0 Å². The summed E-state index contributed by atoms with van der Waals surface area (Å²) in [5.74, 6) is -0.403. The third-order valence-electron chi connectivity index (χ3n) is 2.35. The van der Waals surface area contributed by atoms with E-state index in [9.17, 15) is 4.39 Å². The maximum absolute atomic E-state index is 13.5. The predicted octanol–water partition coefficient (Wildman–Crippen LogP) is 3.03. The number of hydrogen-bond acceptors (Lipinski definition) is 2. The summed E-state index contributed by atoms with van der Waals surface area (Å²) in [5.41, 5.74) is 11.7. The molecule has 0 saturated carbocycles. The third kappa shape index (κ3) is 4.26. The number of halogens is 3. The zero-order chi connectivity index (χ0) is 11.3. The van der Waals surface area contributed by atoms with Gasteiger partial charge in [0.1, 0.15) is 5.82 Å². The molecule has 5 heteroatoms. The van der Waals surface area contributed by atoms with Gasteiger partial charge in [-0.2, -0.15) is 0 Å². The van der Waals surface area contributed by atoms with Gasteiger partial charge in [-0.25, -0.2) is 4.39 Å². The van der Waals surface area contributed by atoms with Gasteiger partial charge in [-0.15, -0.1) is 12.4 Å². The lowest BCUT2D eigenvalue weighted by Crippen LogP contribution is -2.13. The van der Waals surface area contributed by atoms with Crippen molar-refractivity contribution in [1.29, 1.82) is 0 Å². The van der Waals surface area contributed by atoms with Crippen LogP contribution in [0.1, 0.15) is 30.9 Å². The number of rotatable bonds is 5. The molecule has 0 aliphatic carbocycles. The summed E-state index contributed by atoms with van der Waals surface area (Å²) in [5, 5.41) is 0.127. The average Bonchev–Trinajstić information content (AvgIpc) is 2.22. The quantitative estimate of drug-likeness (QED) is 0.806. The minimum absolute atomic E-state index is 0. The van der Waals surface area contributed by atoms with E-state index in [4.69, 9.17) is 23.1 Å². The number of benzene rings is 1.